The smallest absolute Gasteiger partial charge is 0.170 e. The summed E-state index contributed by atoms with van der Waals surface area (Å²) in [5, 5.41) is 0. The van der Waals surface area contributed by atoms with Crippen molar-refractivity contribution in [3.05, 3.63) is 9.81 Å². The van der Waals surface area contributed by atoms with Crippen LogP contribution >= 0.6 is 23.5 Å². The van der Waals surface area contributed by atoms with Gasteiger partial charge in [-0.05, 0) is 12.5 Å². The minimum absolute atomic E-state index is 0.0589. The molecule has 14 heavy (non-hydrogen) atoms. The highest BCUT2D eigenvalue weighted by Gasteiger charge is 2.17. The Balaban J connectivity index is 5.11. The Morgan fingerprint density at radius 3 is 1.29 bits per heavy atom. The second kappa shape index (κ2) is 7.12. The van der Waals surface area contributed by atoms with E-state index in [9.17, 15) is 9.59 Å². The van der Waals surface area contributed by atoms with Gasteiger partial charge in [0, 0.05) is 12.8 Å². The second-order valence-electron chi connectivity index (χ2n) is 2.62. The van der Waals surface area contributed by atoms with Crippen LogP contribution in [-0.4, -0.2) is 24.1 Å². The fourth-order valence-electron chi connectivity index (χ4n) is 0.987. The van der Waals surface area contributed by atoms with Crippen molar-refractivity contribution >= 4 is 35.1 Å². The number of hydrogen-bond donors (Lipinski definition) is 0. The first-order chi connectivity index (χ1) is 6.62. The zero-order chi connectivity index (χ0) is 11.1. The molecular formula is C10H16O2S2. The third-order valence-electron chi connectivity index (χ3n) is 1.76. The van der Waals surface area contributed by atoms with Gasteiger partial charge in [0.15, 0.2) is 11.6 Å². The third-order valence-corrected chi connectivity index (χ3v) is 3.57. The molecule has 0 heterocycles. The van der Waals surface area contributed by atoms with E-state index in [1.807, 2.05) is 26.4 Å². The number of Topliss-reactive ketones (excluding diaryl/α,β-unsaturated/α-hetero) is 2. The van der Waals surface area contributed by atoms with Gasteiger partial charge >= 0.3 is 0 Å². The van der Waals surface area contributed by atoms with Crippen LogP contribution in [0.2, 0.25) is 0 Å². The summed E-state index contributed by atoms with van der Waals surface area (Å²) in [6.45, 7) is 3.62. The van der Waals surface area contributed by atoms with Gasteiger partial charge < -0.3 is 0 Å². The Kier molecular flexibility index (Phi) is 7.01. The SMILES string of the molecule is CCC(=O)/C(SC)=C(/SC)C(=O)CC. The zero-order valence-corrected chi connectivity index (χ0v) is 10.7. The first kappa shape index (κ1) is 13.8. The largest absolute Gasteiger partial charge is 0.294 e. The minimum atomic E-state index is 0.0589. The van der Waals surface area contributed by atoms with E-state index in [1.54, 1.807) is 0 Å². The van der Waals surface area contributed by atoms with Crippen molar-refractivity contribution in [1.29, 1.82) is 0 Å². The number of allylic oxidation sites excluding steroid dienone is 2. The van der Waals surface area contributed by atoms with E-state index in [2.05, 4.69) is 0 Å². The number of ketones is 2. The molecule has 0 bridgehead atoms. The molecule has 0 rings (SSSR count). The summed E-state index contributed by atoms with van der Waals surface area (Å²) in [6.07, 6.45) is 4.58. The van der Waals surface area contributed by atoms with Crippen LogP contribution in [0.1, 0.15) is 26.7 Å². The predicted molar refractivity (Wildman–Crippen MR) is 64.7 cm³/mol. The van der Waals surface area contributed by atoms with Crippen molar-refractivity contribution in [3.8, 4) is 0 Å². The molecule has 0 aromatic carbocycles. The maximum Gasteiger partial charge on any atom is 0.170 e. The Bertz CT molecular complexity index is 231. The van der Waals surface area contributed by atoms with E-state index in [-0.39, 0.29) is 11.6 Å². The van der Waals surface area contributed by atoms with Crippen molar-refractivity contribution in [2.75, 3.05) is 12.5 Å². The van der Waals surface area contributed by atoms with Gasteiger partial charge in [-0.1, -0.05) is 13.8 Å². The van der Waals surface area contributed by atoms with Crippen LogP contribution in [-0.2, 0) is 9.59 Å². The van der Waals surface area contributed by atoms with Gasteiger partial charge in [-0.15, -0.1) is 23.5 Å². The summed E-state index contributed by atoms with van der Waals surface area (Å²) in [5.74, 6) is 0.118. The average Bonchev–Trinajstić information content (AvgIpc) is 2.23. The Labute approximate surface area is 93.9 Å². The van der Waals surface area contributed by atoms with Crippen molar-refractivity contribution in [2.24, 2.45) is 0 Å². The van der Waals surface area contributed by atoms with Crippen molar-refractivity contribution in [2.45, 2.75) is 26.7 Å². The summed E-state index contributed by atoms with van der Waals surface area (Å²) >= 11 is 2.73. The maximum absolute atomic E-state index is 11.5. The summed E-state index contributed by atoms with van der Waals surface area (Å²) in [6, 6.07) is 0. The summed E-state index contributed by atoms with van der Waals surface area (Å²) in [7, 11) is 0. The molecule has 0 saturated carbocycles. The van der Waals surface area contributed by atoms with Crippen LogP contribution in [0.15, 0.2) is 9.81 Å². The fraction of sp³-hybridized carbons (Fsp3) is 0.600. The van der Waals surface area contributed by atoms with Gasteiger partial charge in [-0.3, -0.25) is 9.59 Å². The number of hydrogen-bond acceptors (Lipinski definition) is 4. The lowest BCUT2D eigenvalue weighted by Gasteiger charge is -2.07. The van der Waals surface area contributed by atoms with Gasteiger partial charge in [0.1, 0.15) is 0 Å². The number of carbonyl (C=O) groups is 2. The lowest BCUT2D eigenvalue weighted by atomic mass is 10.2. The molecule has 0 radical (unpaired) electrons. The van der Waals surface area contributed by atoms with E-state index < -0.39 is 0 Å². The standard InChI is InChI=1S/C10H16O2S2/c1-5-7(11)9(13-3)10(14-4)8(12)6-2/h5-6H2,1-4H3/b10-9-. The van der Waals surface area contributed by atoms with E-state index in [0.717, 1.165) is 0 Å². The highest BCUT2D eigenvalue weighted by Crippen LogP contribution is 2.27. The molecule has 0 saturated heterocycles. The molecule has 0 aromatic rings. The van der Waals surface area contributed by atoms with Gasteiger partial charge in [-0.2, -0.15) is 0 Å². The Morgan fingerprint density at radius 1 is 0.857 bits per heavy atom. The first-order valence-corrected chi connectivity index (χ1v) is 6.95. The highest BCUT2D eigenvalue weighted by atomic mass is 32.2. The molecule has 2 nitrogen and oxygen atoms in total. The van der Waals surface area contributed by atoms with Gasteiger partial charge in [0.05, 0.1) is 9.81 Å². The van der Waals surface area contributed by atoms with Crippen molar-refractivity contribution in [3.63, 3.8) is 0 Å². The quantitative estimate of drug-likeness (QED) is 0.659. The Hall–Kier alpha value is -0.220. The monoisotopic (exact) mass is 232 g/mol. The van der Waals surface area contributed by atoms with E-state index >= 15 is 0 Å². The van der Waals surface area contributed by atoms with Crippen LogP contribution in [0.4, 0.5) is 0 Å². The van der Waals surface area contributed by atoms with Crippen LogP contribution in [0.5, 0.6) is 0 Å². The zero-order valence-electron chi connectivity index (χ0n) is 9.05. The molecule has 0 aliphatic heterocycles. The summed E-state index contributed by atoms with van der Waals surface area (Å²) in [4.78, 5) is 24.3. The van der Waals surface area contributed by atoms with E-state index in [4.69, 9.17) is 0 Å². The minimum Gasteiger partial charge on any atom is -0.294 e. The highest BCUT2D eigenvalue weighted by molar-refractivity contribution is 8.07. The predicted octanol–water partition coefficient (Wildman–Crippen LogP) is 2.88. The number of rotatable bonds is 6. The van der Waals surface area contributed by atoms with Gasteiger partial charge in [0.25, 0.3) is 0 Å². The number of carbonyl (C=O) groups excluding carboxylic acids is 2. The molecule has 0 atom stereocenters. The first-order valence-electron chi connectivity index (χ1n) is 4.50. The van der Waals surface area contributed by atoms with Crippen LogP contribution < -0.4 is 0 Å². The number of thioether (sulfide) groups is 2. The molecule has 4 heteroatoms. The molecule has 0 amide bonds. The van der Waals surface area contributed by atoms with E-state index in [1.165, 1.54) is 23.5 Å². The van der Waals surface area contributed by atoms with Crippen LogP contribution in [0, 0.1) is 0 Å². The summed E-state index contributed by atoms with van der Waals surface area (Å²) < 4.78 is 0. The molecule has 0 aliphatic rings. The van der Waals surface area contributed by atoms with Crippen molar-refractivity contribution in [1.82, 2.24) is 0 Å². The molecule has 0 aromatic heterocycles. The van der Waals surface area contributed by atoms with Crippen molar-refractivity contribution < 1.29 is 9.59 Å². The Morgan fingerprint density at radius 2 is 1.14 bits per heavy atom. The average molecular weight is 232 g/mol. The normalized spacial score (nSPS) is 12.3. The fourth-order valence-corrected chi connectivity index (χ4v) is 2.83. The molecule has 80 valence electrons. The van der Waals surface area contributed by atoms with Crippen LogP contribution in [0.3, 0.4) is 0 Å². The van der Waals surface area contributed by atoms with Gasteiger partial charge in [0.2, 0.25) is 0 Å². The molecular weight excluding hydrogens is 216 g/mol. The topological polar surface area (TPSA) is 34.1 Å². The lowest BCUT2D eigenvalue weighted by Crippen LogP contribution is -2.06. The molecule has 0 fully saturated rings. The molecule has 0 N–H and O–H groups in total. The summed E-state index contributed by atoms with van der Waals surface area (Å²) in [5.41, 5.74) is 0. The third kappa shape index (κ3) is 3.50. The van der Waals surface area contributed by atoms with Gasteiger partial charge in [-0.25, -0.2) is 0 Å². The second-order valence-corrected chi connectivity index (χ2v) is 4.25. The van der Waals surface area contributed by atoms with E-state index in [0.29, 0.717) is 22.7 Å². The maximum atomic E-state index is 11.5. The molecule has 0 spiro atoms. The van der Waals surface area contributed by atoms with Crippen LogP contribution in [0.25, 0.3) is 0 Å². The molecule has 0 unspecified atom stereocenters. The molecule has 0 aliphatic carbocycles. The lowest BCUT2D eigenvalue weighted by molar-refractivity contribution is -0.116.